The van der Waals surface area contributed by atoms with E-state index in [4.69, 9.17) is 0 Å². The van der Waals surface area contributed by atoms with Crippen LogP contribution < -0.4 is 0 Å². The van der Waals surface area contributed by atoms with Crippen molar-refractivity contribution >= 4 is 0 Å². The van der Waals surface area contributed by atoms with Gasteiger partial charge in [-0.1, -0.05) is 6.07 Å². The van der Waals surface area contributed by atoms with E-state index in [0.29, 0.717) is 11.3 Å². The molecule has 1 heterocycles. The van der Waals surface area contributed by atoms with Gasteiger partial charge in [-0.15, -0.1) is 0 Å². The van der Waals surface area contributed by atoms with Crippen LogP contribution in [-0.2, 0) is 12.8 Å². The molecule has 1 aliphatic rings. The molecule has 0 bridgehead atoms. The highest BCUT2D eigenvalue weighted by molar-refractivity contribution is 5.40. The highest BCUT2D eigenvalue weighted by atomic mass is 19.1. The molecule has 0 saturated carbocycles. The summed E-state index contributed by atoms with van der Waals surface area (Å²) >= 11 is 0. The minimum absolute atomic E-state index is 0.316. The lowest BCUT2D eigenvalue weighted by Gasteiger charge is -2.15. The molecule has 3 rings (SSSR count). The smallest absolute Gasteiger partial charge is 0.147 e. The van der Waals surface area contributed by atoms with Crippen LogP contribution >= 0.6 is 0 Å². The molecule has 0 aliphatic heterocycles. The maximum Gasteiger partial charge on any atom is 0.147 e. The molecule has 2 aromatic rings. The van der Waals surface area contributed by atoms with Crippen LogP contribution in [0.2, 0.25) is 0 Å². The summed E-state index contributed by atoms with van der Waals surface area (Å²) in [6, 6.07) is 4.88. The number of imidazole rings is 1. The Morgan fingerprint density at radius 2 is 2.11 bits per heavy atom. The average molecular weight is 260 g/mol. The summed E-state index contributed by atoms with van der Waals surface area (Å²) in [6.45, 7) is 1.63. The number of aliphatic hydroxyl groups is 1. The Morgan fingerprint density at radius 3 is 2.84 bits per heavy atom. The van der Waals surface area contributed by atoms with Gasteiger partial charge < -0.3 is 9.67 Å². The normalized spacial score (nSPS) is 16.2. The van der Waals surface area contributed by atoms with E-state index in [1.54, 1.807) is 25.4 Å². The highest BCUT2D eigenvalue weighted by Gasteiger charge is 2.18. The van der Waals surface area contributed by atoms with Gasteiger partial charge in [-0.3, -0.25) is 0 Å². The standard InChI is InChI=1S/C15H17FN2O/c1-10(19)11-6-7-14(12(16)8-11)18-9-17-13-4-2-3-5-15(13)18/h6-10,19H,2-5H2,1H3. The minimum atomic E-state index is -0.653. The number of benzene rings is 1. The minimum Gasteiger partial charge on any atom is -0.389 e. The van der Waals surface area contributed by atoms with Crippen molar-refractivity contribution in [2.24, 2.45) is 0 Å². The van der Waals surface area contributed by atoms with E-state index in [1.165, 1.54) is 6.07 Å². The van der Waals surface area contributed by atoms with Gasteiger partial charge in [-0.25, -0.2) is 9.37 Å². The van der Waals surface area contributed by atoms with Crippen molar-refractivity contribution in [3.05, 3.63) is 47.3 Å². The first-order chi connectivity index (χ1) is 9.16. The Morgan fingerprint density at radius 1 is 1.32 bits per heavy atom. The third-order valence-corrected chi connectivity index (χ3v) is 3.74. The zero-order valence-corrected chi connectivity index (χ0v) is 10.9. The monoisotopic (exact) mass is 260 g/mol. The topological polar surface area (TPSA) is 38.0 Å². The van der Waals surface area contributed by atoms with E-state index in [-0.39, 0.29) is 5.82 Å². The van der Waals surface area contributed by atoms with E-state index < -0.39 is 6.10 Å². The van der Waals surface area contributed by atoms with Crippen molar-refractivity contribution in [3.8, 4) is 5.69 Å². The van der Waals surface area contributed by atoms with Crippen LogP contribution in [0.1, 0.15) is 42.8 Å². The average Bonchev–Trinajstić information content (AvgIpc) is 2.82. The van der Waals surface area contributed by atoms with Gasteiger partial charge in [0, 0.05) is 5.69 Å². The number of fused-ring (bicyclic) bond motifs is 1. The van der Waals surface area contributed by atoms with Crippen LogP contribution in [0.4, 0.5) is 4.39 Å². The van der Waals surface area contributed by atoms with Crippen molar-refractivity contribution < 1.29 is 9.50 Å². The molecule has 19 heavy (non-hydrogen) atoms. The number of hydrogen-bond acceptors (Lipinski definition) is 2. The first-order valence-corrected chi connectivity index (χ1v) is 6.70. The summed E-state index contributed by atoms with van der Waals surface area (Å²) in [4.78, 5) is 4.38. The first-order valence-electron chi connectivity index (χ1n) is 6.70. The lowest BCUT2D eigenvalue weighted by atomic mass is 10.0. The van der Waals surface area contributed by atoms with Crippen LogP contribution in [0.25, 0.3) is 5.69 Å². The van der Waals surface area contributed by atoms with Gasteiger partial charge in [0.2, 0.25) is 0 Å². The SMILES string of the molecule is CC(O)c1ccc(-n2cnc3c2CCCC3)c(F)c1. The molecule has 1 N–H and O–H groups in total. The fraction of sp³-hybridized carbons (Fsp3) is 0.400. The van der Waals surface area contributed by atoms with Gasteiger partial charge >= 0.3 is 0 Å². The molecule has 100 valence electrons. The molecule has 3 nitrogen and oxygen atoms in total. The van der Waals surface area contributed by atoms with Crippen molar-refractivity contribution in [2.75, 3.05) is 0 Å². The molecule has 0 saturated heterocycles. The molecule has 4 heteroatoms. The van der Waals surface area contributed by atoms with Gasteiger partial charge in [0.05, 0.1) is 23.8 Å². The van der Waals surface area contributed by atoms with Crippen LogP contribution in [0, 0.1) is 5.82 Å². The van der Waals surface area contributed by atoms with Gasteiger partial charge in [-0.05, 0) is 50.3 Å². The molecule has 0 radical (unpaired) electrons. The molecule has 1 atom stereocenters. The Kier molecular flexibility index (Phi) is 3.11. The Balaban J connectivity index is 2.05. The summed E-state index contributed by atoms with van der Waals surface area (Å²) in [5.41, 5.74) is 3.32. The summed E-state index contributed by atoms with van der Waals surface area (Å²) in [6.07, 6.45) is 5.28. The molecule has 1 unspecified atom stereocenters. The first kappa shape index (κ1) is 12.4. The molecule has 0 fully saturated rings. The molecule has 0 amide bonds. The third-order valence-electron chi connectivity index (χ3n) is 3.74. The number of rotatable bonds is 2. The Hall–Kier alpha value is -1.68. The molecule has 1 aromatic carbocycles. The number of aryl methyl sites for hydroxylation is 1. The van der Waals surface area contributed by atoms with Crippen molar-refractivity contribution in [2.45, 2.75) is 38.7 Å². The second kappa shape index (κ2) is 4.78. The van der Waals surface area contributed by atoms with Gasteiger partial charge in [0.15, 0.2) is 0 Å². The van der Waals surface area contributed by atoms with Crippen molar-refractivity contribution in [3.63, 3.8) is 0 Å². The summed E-state index contributed by atoms with van der Waals surface area (Å²) < 4.78 is 16.0. The fourth-order valence-corrected chi connectivity index (χ4v) is 2.66. The van der Waals surface area contributed by atoms with Gasteiger partial charge in [-0.2, -0.15) is 0 Å². The van der Waals surface area contributed by atoms with Crippen LogP contribution in [0.5, 0.6) is 0 Å². The lowest BCUT2D eigenvalue weighted by Crippen LogP contribution is -2.08. The maximum absolute atomic E-state index is 14.2. The number of aliphatic hydroxyl groups excluding tert-OH is 1. The highest BCUT2D eigenvalue weighted by Crippen LogP contribution is 2.25. The number of nitrogens with zero attached hydrogens (tertiary/aromatic N) is 2. The van der Waals surface area contributed by atoms with Gasteiger partial charge in [0.25, 0.3) is 0 Å². The van der Waals surface area contributed by atoms with Crippen molar-refractivity contribution in [1.82, 2.24) is 9.55 Å². The van der Waals surface area contributed by atoms with Crippen LogP contribution in [0.3, 0.4) is 0 Å². The number of aromatic nitrogens is 2. The van der Waals surface area contributed by atoms with E-state index in [9.17, 15) is 9.50 Å². The van der Waals surface area contributed by atoms with Crippen molar-refractivity contribution in [1.29, 1.82) is 0 Å². The summed E-state index contributed by atoms with van der Waals surface area (Å²) in [5.74, 6) is -0.316. The van der Waals surface area contributed by atoms with E-state index >= 15 is 0 Å². The lowest BCUT2D eigenvalue weighted by molar-refractivity contribution is 0.199. The second-order valence-corrected chi connectivity index (χ2v) is 5.10. The predicted molar refractivity (Wildman–Crippen MR) is 70.8 cm³/mol. The van der Waals surface area contributed by atoms with E-state index in [0.717, 1.165) is 37.1 Å². The molecular weight excluding hydrogens is 243 g/mol. The quantitative estimate of drug-likeness (QED) is 0.901. The van der Waals surface area contributed by atoms with E-state index in [1.807, 2.05) is 4.57 Å². The second-order valence-electron chi connectivity index (χ2n) is 5.10. The molecule has 1 aliphatic carbocycles. The Labute approximate surface area is 111 Å². The zero-order valence-electron chi connectivity index (χ0n) is 10.9. The molecule has 0 spiro atoms. The number of hydrogen-bond donors (Lipinski definition) is 1. The third kappa shape index (κ3) is 2.16. The van der Waals surface area contributed by atoms with E-state index in [2.05, 4.69) is 4.98 Å². The zero-order chi connectivity index (χ0) is 13.4. The molecule has 1 aromatic heterocycles. The van der Waals surface area contributed by atoms with Gasteiger partial charge in [0.1, 0.15) is 5.82 Å². The maximum atomic E-state index is 14.2. The Bertz CT molecular complexity index is 604. The summed E-state index contributed by atoms with van der Waals surface area (Å²) in [7, 11) is 0. The van der Waals surface area contributed by atoms with Crippen LogP contribution in [-0.4, -0.2) is 14.7 Å². The predicted octanol–water partition coefficient (Wildman–Crippen LogP) is 2.94. The largest absolute Gasteiger partial charge is 0.389 e. The molecular formula is C15H17FN2O. The fourth-order valence-electron chi connectivity index (χ4n) is 2.66. The summed E-state index contributed by atoms with van der Waals surface area (Å²) in [5, 5.41) is 9.48. The number of halogens is 1. The van der Waals surface area contributed by atoms with Crippen LogP contribution in [0.15, 0.2) is 24.5 Å².